The topological polar surface area (TPSA) is 41.6 Å². The zero-order valence-electron chi connectivity index (χ0n) is 10.5. The summed E-state index contributed by atoms with van der Waals surface area (Å²) in [6.07, 6.45) is 1.73. The summed E-state index contributed by atoms with van der Waals surface area (Å²) in [6, 6.07) is 7.74. The van der Waals surface area contributed by atoms with Crippen LogP contribution < -0.4 is 5.32 Å². The van der Waals surface area contributed by atoms with Crippen LogP contribution in [0, 0.1) is 0 Å². The van der Waals surface area contributed by atoms with E-state index in [1.807, 2.05) is 24.3 Å². The first-order chi connectivity index (χ1) is 8.61. The van der Waals surface area contributed by atoms with Gasteiger partial charge >= 0.3 is 0 Å². The van der Waals surface area contributed by atoms with E-state index >= 15 is 0 Å². The number of nitrogens with one attached hydrogen (secondary N) is 1. The van der Waals surface area contributed by atoms with Gasteiger partial charge in [-0.1, -0.05) is 23.7 Å². The number of nitrogens with zero attached hydrogens (tertiary/aromatic N) is 1. The van der Waals surface area contributed by atoms with Crippen molar-refractivity contribution in [2.45, 2.75) is 24.9 Å². The Morgan fingerprint density at radius 2 is 2.28 bits per heavy atom. The quantitative estimate of drug-likeness (QED) is 0.854. The number of hydrogen-bond acceptors (Lipinski definition) is 3. The Balaban J connectivity index is 2.02. The Morgan fingerprint density at radius 3 is 2.94 bits per heavy atom. The molecule has 1 aliphatic heterocycles. The van der Waals surface area contributed by atoms with Crippen molar-refractivity contribution in [3.05, 3.63) is 34.9 Å². The molecule has 1 aliphatic rings. The molecule has 18 heavy (non-hydrogen) atoms. The molecule has 0 aromatic heterocycles. The van der Waals surface area contributed by atoms with E-state index in [9.17, 15) is 4.79 Å². The second-order valence-corrected chi connectivity index (χ2v) is 4.86. The van der Waals surface area contributed by atoms with Crippen LogP contribution in [-0.2, 0) is 9.63 Å². The van der Waals surface area contributed by atoms with Gasteiger partial charge in [0.15, 0.2) is 0 Å². The first kappa shape index (κ1) is 13.3. The first-order valence-corrected chi connectivity index (χ1v) is 6.33. The number of benzene rings is 1. The van der Waals surface area contributed by atoms with Gasteiger partial charge in [-0.25, -0.2) is 5.06 Å². The summed E-state index contributed by atoms with van der Waals surface area (Å²) < 4.78 is 0. The largest absolute Gasteiger partial charge is 0.299 e. The number of likely N-dealkylation sites (N-methyl/N-ethyl adjacent to an activating group) is 1. The standard InChI is InChI=1S/C13H17ClN2O2/c1-16(18-2)13(17)12-7-6-11(15-12)9-4-3-5-10(14)8-9/h3-5,8,11-12,15H,6-7H2,1-2H3/t11-,12+/m0/s1. The van der Waals surface area contributed by atoms with Crippen LogP contribution in [0.4, 0.5) is 0 Å². The van der Waals surface area contributed by atoms with Crippen LogP contribution in [0.25, 0.3) is 0 Å². The molecule has 1 aromatic rings. The molecule has 1 heterocycles. The van der Waals surface area contributed by atoms with Crippen LogP contribution in [0.5, 0.6) is 0 Å². The van der Waals surface area contributed by atoms with Crippen LogP contribution in [0.15, 0.2) is 24.3 Å². The molecule has 0 saturated carbocycles. The average Bonchev–Trinajstić information content (AvgIpc) is 2.86. The highest BCUT2D eigenvalue weighted by Crippen LogP contribution is 2.28. The molecule has 0 unspecified atom stereocenters. The summed E-state index contributed by atoms with van der Waals surface area (Å²) in [5.74, 6) is -0.0398. The molecule has 2 rings (SSSR count). The molecule has 1 fully saturated rings. The third-order valence-corrected chi connectivity index (χ3v) is 3.51. The molecular weight excluding hydrogens is 252 g/mol. The van der Waals surface area contributed by atoms with Gasteiger partial charge in [0, 0.05) is 18.1 Å². The lowest BCUT2D eigenvalue weighted by Gasteiger charge is -2.19. The van der Waals surface area contributed by atoms with Gasteiger partial charge in [0.1, 0.15) is 0 Å². The summed E-state index contributed by atoms with van der Waals surface area (Å²) in [7, 11) is 3.11. The van der Waals surface area contributed by atoms with Crippen molar-refractivity contribution in [3.63, 3.8) is 0 Å². The normalized spacial score (nSPS) is 23.1. The number of carbonyl (C=O) groups is 1. The van der Waals surface area contributed by atoms with Crippen LogP contribution in [-0.4, -0.2) is 31.2 Å². The Kier molecular flexibility index (Phi) is 4.22. The lowest BCUT2D eigenvalue weighted by Crippen LogP contribution is -2.41. The second-order valence-electron chi connectivity index (χ2n) is 4.42. The minimum absolute atomic E-state index is 0.0398. The zero-order valence-corrected chi connectivity index (χ0v) is 11.3. The summed E-state index contributed by atoms with van der Waals surface area (Å²) in [4.78, 5) is 16.8. The summed E-state index contributed by atoms with van der Waals surface area (Å²) in [6.45, 7) is 0. The molecule has 0 radical (unpaired) electrons. The first-order valence-electron chi connectivity index (χ1n) is 5.95. The number of rotatable bonds is 3. The fraction of sp³-hybridized carbons (Fsp3) is 0.462. The molecule has 2 atom stereocenters. The predicted octanol–water partition coefficient (Wildman–Crippen LogP) is 2.15. The predicted molar refractivity (Wildman–Crippen MR) is 70.1 cm³/mol. The molecule has 5 heteroatoms. The smallest absolute Gasteiger partial charge is 0.262 e. The highest BCUT2D eigenvalue weighted by molar-refractivity contribution is 6.30. The number of hydrogen-bond donors (Lipinski definition) is 1. The zero-order chi connectivity index (χ0) is 13.1. The third kappa shape index (κ3) is 2.83. The molecule has 0 spiro atoms. The number of carbonyl (C=O) groups excluding carboxylic acids is 1. The fourth-order valence-electron chi connectivity index (χ4n) is 2.23. The Bertz CT molecular complexity index is 439. The lowest BCUT2D eigenvalue weighted by atomic mass is 10.1. The third-order valence-electron chi connectivity index (χ3n) is 3.28. The van der Waals surface area contributed by atoms with Gasteiger partial charge in [-0.15, -0.1) is 0 Å². The van der Waals surface area contributed by atoms with Gasteiger partial charge in [-0.3, -0.25) is 14.9 Å². The molecular formula is C13H17ClN2O2. The fourth-order valence-corrected chi connectivity index (χ4v) is 2.43. The monoisotopic (exact) mass is 268 g/mol. The molecule has 98 valence electrons. The van der Waals surface area contributed by atoms with Crippen molar-refractivity contribution in [1.82, 2.24) is 10.4 Å². The molecule has 4 nitrogen and oxygen atoms in total. The lowest BCUT2D eigenvalue weighted by molar-refractivity contribution is -0.170. The maximum Gasteiger partial charge on any atom is 0.262 e. The van der Waals surface area contributed by atoms with Gasteiger partial charge in [0.2, 0.25) is 0 Å². The summed E-state index contributed by atoms with van der Waals surface area (Å²) in [5.41, 5.74) is 1.12. The van der Waals surface area contributed by atoms with E-state index in [4.69, 9.17) is 16.4 Å². The van der Waals surface area contributed by atoms with Crippen molar-refractivity contribution < 1.29 is 9.63 Å². The van der Waals surface area contributed by atoms with Crippen molar-refractivity contribution in [1.29, 1.82) is 0 Å². The van der Waals surface area contributed by atoms with Crippen molar-refractivity contribution in [2.24, 2.45) is 0 Å². The highest BCUT2D eigenvalue weighted by atomic mass is 35.5. The molecule has 1 N–H and O–H groups in total. The van der Waals surface area contributed by atoms with Crippen molar-refractivity contribution in [3.8, 4) is 0 Å². The molecule has 1 amide bonds. The van der Waals surface area contributed by atoms with Crippen molar-refractivity contribution >= 4 is 17.5 Å². The van der Waals surface area contributed by atoms with E-state index in [1.54, 1.807) is 7.05 Å². The highest BCUT2D eigenvalue weighted by Gasteiger charge is 2.31. The molecule has 0 bridgehead atoms. The number of hydroxylamine groups is 2. The van der Waals surface area contributed by atoms with Crippen LogP contribution >= 0.6 is 11.6 Å². The summed E-state index contributed by atoms with van der Waals surface area (Å²) in [5, 5.41) is 5.30. The van der Waals surface area contributed by atoms with E-state index in [0.717, 1.165) is 23.4 Å². The van der Waals surface area contributed by atoms with Gasteiger partial charge in [0.25, 0.3) is 5.91 Å². The SMILES string of the molecule is CON(C)C(=O)[C@H]1CC[C@@H](c2cccc(Cl)c2)N1. The van der Waals surface area contributed by atoms with Crippen LogP contribution in [0.2, 0.25) is 5.02 Å². The van der Waals surface area contributed by atoms with Gasteiger partial charge in [-0.05, 0) is 30.5 Å². The Hall–Kier alpha value is -1.10. The van der Waals surface area contributed by atoms with E-state index in [1.165, 1.54) is 12.2 Å². The van der Waals surface area contributed by atoms with Gasteiger partial charge < -0.3 is 0 Å². The number of halogens is 1. The minimum Gasteiger partial charge on any atom is -0.299 e. The van der Waals surface area contributed by atoms with Crippen molar-refractivity contribution in [2.75, 3.05) is 14.2 Å². The van der Waals surface area contributed by atoms with Crippen LogP contribution in [0.3, 0.4) is 0 Å². The molecule has 1 saturated heterocycles. The Morgan fingerprint density at radius 1 is 1.50 bits per heavy atom. The van der Waals surface area contributed by atoms with E-state index in [2.05, 4.69) is 5.32 Å². The van der Waals surface area contributed by atoms with Gasteiger partial charge in [0.05, 0.1) is 13.2 Å². The molecule has 1 aromatic carbocycles. The second kappa shape index (κ2) is 5.69. The van der Waals surface area contributed by atoms with E-state index in [-0.39, 0.29) is 18.0 Å². The van der Waals surface area contributed by atoms with E-state index < -0.39 is 0 Å². The minimum atomic E-state index is -0.182. The van der Waals surface area contributed by atoms with Crippen LogP contribution in [0.1, 0.15) is 24.4 Å². The van der Waals surface area contributed by atoms with E-state index in [0.29, 0.717) is 0 Å². The van der Waals surface area contributed by atoms with Gasteiger partial charge in [-0.2, -0.15) is 0 Å². The maximum absolute atomic E-state index is 11.9. The average molecular weight is 269 g/mol. The summed E-state index contributed by atoms with van der Waals surface area (Å²) >= 11 is 5.97. The Labute approximate surface area is 112 Å². The molecule has 0 aliphatic carbocycles. The number of amides is 1. The maximum atomic E-state index is 11.9.